The van der Waals surface area contributed by atoms with E-state index in [2.05, 4.69) is 11.1 Å². The largest absolute Gasteiger partial charge is 0.481 e. The Kier molecular flexibility index (Phi) is 2.86. The summed E-state index contributed by atoms with van der Waals surface area (Å²) in [6.45, 7) is 4.96. The van der Waals surface area contributed by atoms with Crippen LogP contribution in [0.1, 0.15) is 25.1 Å². The van der Waals surface area contributed by atoms with Gasteiger partial charge in [-0.15, -0.1) is 0 Å². The van der Waals surface area contributed by atoms with E-state index in [1.54, 1.807) is 0 Å². The highest BCUT2D eigenvalue weighted by Gasteiger charge is 2.66. The Morgan fingerprint density at radius 2 is 2.00 bits per heavy atom. The van der Waals surface area contributed by atoms with Crippen LogP contribution in [0.15, 0.2) is 24.3 Å². The number of carboxylic acid groups (broad SMARTS) is 1. The smallest absolute Gasteiger partial charge is 0.307 e. The number of H-pyrrole nitrogens is 1. The number of fused-ring (bicyclic) bond motifs is 3. The topological polar surface area (TPSA) is 73.4 Å². The third-order valence-electron chi connectivity index (χ3n) is 5.55. The van der Waals surface area contributed by atoms with E-state index in [-0.39, 0.29) is 5.91 Å². The number of aromatic amines is 1. The molecule has 1 amide bonds. The van der Waals surface area contributed by atoms with Crippen LogP contribution in [0.4, 0.5) is 0 Å². The Balaban J connectivity index is 1.61. The number of para-hydroxylation sites is 1. The van der Waals surface area contributed by atoms with Crippen molar-refractivity contribution >= 4 is 22.8 Å². The van der Waals surface area contributed by atoms with Crippen LogP contribution in [0, 0.1) is 17.3 Å². The number of benzene rings is 1. The van der Waals surface area contributed by atoms with Gasteiger partial charge in [0.15, 0.2) is 0 Å². The average Bonchev–Trinajstić information content (AvgIpc) is 2.93. The number of rotatable bonds is 2. The van der Waals surface area contributed by atoms with E-state index in [0.717, 1.165) is 17.3 Å². The normalized spacial score (nSPS) is 25.2. The first kappa shape index (κ1) is 14.3. The van der Waals surface area contributed by atoms with Crippen molar-refractivity contribution < 1.29 is 14.7 Å². The molecule has 0 spiro atoms. The van der Waals surface area contributed by atoms with Gasteiger partial charge in [0, 0.05) is 41.7 Å². The molecular weight excluding hydrogens is 292 g/mol. The molecular formula is C18H20N2O3. The fourth-order valence-electron chi connectivity index (χ4n) is 4.11. The van der Waals surface area contributed by atoms with Crippen molar-refractivity contribution in [3.05, 3.63) is 35.5 Å². The standard InChI is InChI=1S/C18H20N2O3/c1-18(2)14(15(18)17(22)23)16(21)20-8-7-13-11(9-20)10-5-3-4-6-12(10)19-13/h3-6,14-15,19H,7-9H2,1-2H3,(H,22,23)/t14-,15+/m1/s1. The second-order valence-electron chi connectivity index (χ2n) is 7.25. The van der Waals surface area contributed by atoms with Gasteiger partial charge in [0.25, 0.3) is 0 Å². The Morgan fingerprint density at radius 3 is 2.70 bits per heavy atom. The summed E-state index contributed by atoms with van der Waals surface area (Å²) in [6.07, 6.45) is 0.792. The molecule has 1 fully saturated rings. The molecule has 120 valence electrons. The van der Waals surface area contributed by atoms with Crippen LogP contribution >= 0.6 is 0 Å². The van der Waals surface area contributed by atoms with E-state index in [4.69, 9.17) is 0 Å². The van der Waals surface area contributed by atoms with E-state index in [9.17, 15) is 14.7 Å². The minimum atomic E-state index is -0.863. The monoisotopic (exact) mass is 312 g/mol. The summed E-state index contributed by atoms with van der Waals surface area (Å²) in [7, 11) is 0. The van der Waals surface area contributed by atoms with Crippen LogP contribution in [0.5, 0.6) is 0 Å². The number of hydrogen-bond donors (Lipinski definition) is 2. The quantitative estimate of drug-likeness (QED) is 0.894. The Bertz CT molecular complexity index is 821. The maximum Gasteiger partial charge on any atom is 0.307 e. The Hall–Kier alpha value is -2.30. The molecule has 0 bridgehead atoms. The average molecular weight is 312 g/mol. The number of carboxylic acids is 1. The summed E-state index contributed by atoms with van der Waals surface area (Å²) >= 11 is 0. The molecule has 0 saturated heterocycles. The number of nitrogens with zero attached hydrogens (tertiary/aromatic N) is 1. The van der Waals surface area contributed by atoms with Crippen molar-refractivity contribution in [2.75, 3.05) is 6.54 Å². The number of hydrogen-bond acceptors (Lipinski definition) is 2. The van der Waals surface area contributed by atoms with Gasteiger partial charge in [-0.3, -0.25) is 9.59 Å². The van der Waals surface area contributed by atoms with E-state index >= 15 is 0 Å². The van der Waals surface area contributed by atoms with Crippen LogP contribution in [-0.4, -0.2) is 33.4 Å². The number of amides is 1. The number of carbonyl (C=O) groups excluding carboxylic acids is 1. The van der Waals surface area contributed by atoms with Crippen LogP contribution in [0.2, 0.25) is 0 Å². The zero-order valence-electron chi connectivity index (χ0n) is 13.3. The highest BCUT2D eigenvalue weighted by atomic mass is 16.4. The zero-order valence-corrected chi connectivity index (χ0v) is 13.3. The lowest BCUT2D eigenvalue weighted by Gasteiger charge is -2.28. The third-order valence-corrected chi connectivity index (χ3v) is 5.55. The molecule has 5 nitrogen and oxygen atoms in total. The summed E-state index contributed by atoms with van der Waals surface area (Å²) in [5.41, 5.74) is 3.02. The van der Waals surface area contributed by atoms with Crippen molar-refractivity contribution in [1.82, 2.24) is 9.88 Å². The summed E-state index contributed by atoms with van der Waals surface area (Å²) in [4.78, 5) is 29.4. The van der Waals surface area contributed by atoms with E-state index in [0.29, 0.717) is 13.1 Å². The van der Waals surface area contributed by atoms with Gasteiger partial charge in [0.1, 0.15) is 0 Å². The summed E-state index contributed by atoms with van der Waals surface area (Å²) in [5.74, 6) is -1.83. The summed E-state index contributed by atoms with van der Waals surface area (Å²) in [5, 5.41) is 10.5. The number of carbonyl (C=O) groups is 2. The fourth-order valence-corrected chi connectivity index (χ4v) is 4.11. The van der Waals surface area contributed by atoms with Crippen molar-refractivity contribution in [3.63, 3.8) is 0 Å². The second-order valence-corrected chi connectivity index (χ2v) is 7.25. The predicted octanol–water partition coefficient (Wildman–Crippen LogP) is 2.41. The van der Waals surface area contributed by atoms with E-state index < -0.39 is 23.2 Å². The number of aliphatic carboxylic acids is 1. The summed E-state index contributed by atoms with van der Waals surface area (Å²) in [6, 6.07) is 8.11. The van der Waals surface area contributed by atoms with Crippen LogP contribution in [-0.2, 0) is 22.6 Å². The van der Waals surface area contributed by atoms with Crippen LogP contribution in [0.25, 0.3) is 10.9 Å². The van der Waals surface area contributed by atoms with Crippen LogP contribution < -0.4 is 0 Å². The van der Waals surface area contributed by atoms with Crippen LogP contribution in [0.3, 0.4) is 0 Å². The molecule has 2 aromatic rings. The SMILES string of the molecule is CC1(C)[C@H](C(=O)O)[C@@H]1C(=O)N1CCc2[nH]c3ccccc3c2C1. The lowest BCUT2D eigenvalue weighted by Crippen LogP contribution is -2.37. The number of nitrogens with one attached hydrogen (secondary N) is 1. The molecule has 2 heterocycles. The van der Waals surface area contributed by atoms with Gasteiger partial charge in [-0.1, -0.05) is 32.0 Å². The Morgan fingerprint density at radius 1 is 1.26 bits per heavy atom. The molecule has 1 saturated carbocycles. The minimum absolute atomic E-state index is 0.0154. The van der Waals surface area contributed by atoms with Crippen molar-refractivity contribution in [2.24, 2.45) is 17.3 Å². The first-order valence-electron chi connectivity index (χ1n) is 8.01. The predicted molar refractivity (Wildman–Crippen MR) is 85.8 cm³/mol. The lowest BCUT2D eigenvalue weighted by atomic mass is 10.0. The zero-order chi connectivity index (χ0) is 16.4. The molecule has 2 N–H and O–H groups in total. The van der Waals surface area contributed by atoms with Gasteiger partial charge in [0.05, 0.1) is 11.8 Å². The van der Waals surface area contributed by atoms with Gasteiger partial charge in [0.2, 0.25) is 5.91 Å². The van der Waals surface area contributed by atoms with Gasteiger partial charge in [-0.05, 0) is 11.5 Å². The van der Waals surface area contributed by atoms with Gasteiger partial charge >= 0.3 is 5.97 Å². The molecule has 1 aromatic carbocycles. The molecule has 2 aliphatic rings. The minimum Gasteiger partial charge on any atom is -0.481 e. The number of aromatic nitrogens is 1. The van der Waals surface area contributed by atoms with Crippen molar-refractivity contribution in [3.8, 4) is 0 Å². The molecule has 2 atom stereocenters. The molecule has 4 rings (SSSR count). The molecule has 5 heteroatoms. The van der Waals surface area contributed by atoms with Gasteiger partial charge < -0.3 is 15.0 Å². The van der Waals surface area contributed by atoms with Gasteiger partial charge in [-0.25, -0.2) is 0 Å². The molecule has 1 aliphatic heterocycles. The molecule has 0 unspecified atom stereocenters. The first-order chi connectivity index (χ1) is 10.9. The Labute approximate surface area is 134 Å². The molecule has 0 radical (unpaired) electrons. The lowest BCUT2D eigenvalue weighted by molar-refractivity contribution is -0.142. The van der Waals surface area contributed by atoms with Gasteiger partial charge in [-0.2, -0.15) is 0 Å². The molecule has 1 aliphatic carbocycles. The van der Waals surface area contributed by atoms with Crippen molar-refractivity contribution in [2.45, 2.75) is 26.8 Å². The van der Waals surface area contributed by atoms with Crippen molar-refractivity contribution in [1.29, 1.82) is 0 Å². The highest BCUT2D eigenvalue weighted by Crippen LogP contribution is 2.59. The van der Waals surface area contributed by atoms with E-state index in [1.165, 1.54) is 11.3 Å². The molecule has 1 aromatic heterocycles. The highest BCUT2D eigenvalue weighted by molar-refractivity contribution is 5.92. The van der Waals surface area contributed by atoms with E-state index in [1.807, 2.05) is 36.9 Å². The second kappa shape index (κ2) is 4.60. The maximum atomic E-state index is 12.8. The maximum absolute atomic E-state index is 12.8. The third kappa shape index (κ3) is 1.99. The summed E-state index contributed by atoms with van der Waals surface area (Å²) < 4.78 is 0. The first-order valence-corrected chi connectivity index (χ1v) is 8.01. The fraction of sp³-hybridized carbons (Fsp3) is 0.444. The molecule has 23 heavy (non-hydrogen) atoms.